The molecule has 25 heavy (non-hydrogen) atoms. The van der Waals surface area contributed by atoms with Gasteiger partial charge in [-0.2, -0.15) is 0 Å². The van der Waals surface area contributed by atoms with Gasteiger partial charge in [-0.3, -0.25) is 9.59 Å². The van der Waals surface area contributed by atoms with Crippen LogP contribution in [0.3, 0.4) is 0 Å². The van der Waals surface area contributed by atoms with Gasteiger partial charge in [-0.05, 0) is 43.7 Å². The molecule has 1 fully saturated rings. The van der Waals surface area contributed by atoms with Crippen LogP contribution in [-0.4, -0.2) is 49.4 Å². The maximum absolute atomic E-state index is 12.3. The van der Waals surface area contributed by atoms with Crippen LogP contribution >= 0.6 is 0 Å². The molecule has 1 saturated heterocycles. The molecule has 2 rings (SSSR count). The van der Waals surface area contributed by atoms with Gasteiger partial charge < -0.3 is 15.0 Å². The lowest BCUT2D eigenvalue weighted by molar-refractivity contribution is -0.130. The van der Waals surface area contributed by atoms with Crippen molar-refractivity contribution in [3.05, 3.63) is 29.8 Å². The van der Waals surface area contributed by atoms with Crippen LogP contribution in [0, 0.1) is 0 Å². The summed E-state index contributed by atoms with van der Waals surface area (Å²) in [4.78, 5) is 26.4. The van der Waals surface area contributed by atoms with Crippen molar-refractivity contribution in [1.29, 1.82) is 0 Å². The van der Waals surface area contributed by atoms with Gasteiger partial charge in [-0.1, -0.05) is 19.8 Å². The molecule has 0 spiro atoms. The highest BCUT2D eigenvalue weighted by Crippen LogP contribution is 2.15. The first kappa shape index (κ1) is 19.4. The molecule has 1 aliphatic heterocycles. The summed E-state index contributed by atoms with van der Waals surface area (Å²) >= 11 is 0. The fraction of sp³-hybridized carbons (Fsp3) is 0.600. The molecule has 138 valence electrons. The van der Waals surface area contributed by atoms with Crippen LogP contribution in [0.25, 0.3) is 0 Å². The van der Waals surface area contributed by atoms with Crippen molar-refractivity contribution in [2.24, 2.45) is 0 Å². The number of amides is 1. The lowest BCUT2D eigenvalue weighted by Crippen LogP contribution is -2.34. The van der Waals surface area contributed by atoms with Gasteiger partial charge in [-0.15, -0.1) is 0 Å². The Bertz CT molecular complexity index is 534. The zero-order chi connectivity index (χ0) is 17.9. The fourth-order valence-corrected chi connectivity index (χ4v) is 2.90. The number of nitrogens with one attached hydrogen (secondary N) is 1. The molecule has 0 saturated carbocycles. The highest BCUT2D eigenvalue weighted by Gasteiger charge is 2.16. The minimum Gasteiger partial charge on any atom is -0.494 e. The van der Waals surface area contributed by atoms with Crippen LogP contribution in [0.4, 0.5) is 0 Å². The van der Waals surface area contributed by atoms with Crippen LogP contribution in [0.1, 0.15) is 55.8 Å². The number of hydrogen-bond donors (Lipinski definition) is 1. The molecule has 5 heteroatoms. The van der Waals surface area contributed by atoms with Crippen molar-refractivity contribution in [1.82, 2.24) is 10.2 Å². The zero-order valence-electron chi connectivity index (χ0n) is 15.3. The summed E-state index contributed by atoms with van der Waals surface area (Å²) in [6.07, 6.45) is 4.90. The summed E-state index contributed by atoms with van der Waals surface area (Å²) < 4.78 is 5.65. The van der Waals surface area contributed by atoms with Crippen molar-refractivity contribution >= 4 is 11.7 Å². The van der Waals surface area contributed by atoms with E-state index >= 15 is 0 Å². The van der Waals surface area contributed by atoms with Gasteiger partial charge in [0.25, 0.3) is 0 Å². The molecular weight excluding hydrogens is 316 g/mol. The van der Waals surface area contributed by atoms with Gasteiger partial charge in [0.05, 0.1) is 6.61 Å². The fourth-order valence-electron chi connectivity index (χ4n) is 2.90. The van der Waals surface area contributed by atoms with Crippen LogP contribution in [-0.2, 0) is 4.79 Å². The summed E-state index contributed by atoms with van der Waals surface area (Å²) in [6, 6.07) is 7.25. The van der Waals surface area contributed by atoms with E-state index in [9.17, 15) is 9.59 Å². The Kier molecular flexibility index (Phi) is 8.46. The predicted octanol–water partition coefficient (Wildman–Crippen LogP) is 3.04. The molecule has 1 heterocycles. The van der Waals surface area contributed by atoms with Crippen molar-refractivity contribution in [3.8, 4) is 5.75 Å². The summed E-state index contributed by atoms with van der Waals surface area (Å²) in [5, 5.41) is 3.28. The Balaban J connectivity index is 1.75. The Morgan fingerprint density at radius 2 is 1.88 bits per heavy atom. The van der Waals surface area contributed by atoms with Crippen molar-refractivity contribution in [2.75, 3.05) is 32.8 Å². The van der Waals surface area contributed by atoms with E-state index in [1.54, 1.807) is 12.1 Å². The third-order valence-corrected chi connectivity index (χ3v) is 4.45. The van der Waals surface area contributed by atoms with Crippen LogP contribution < -0.4 is 10.1 Å². The van der Waals surface area contributed by atoms with Gasteiger partial charge in [0.1, 0.15) is 5.75 Å². The van der Waals surface area contributed by atoms with E-state index in [0.717, 1.165) is 51.2 Å². The number of hydrogen-bond acceptors (Lipinski definition) is 4. The summed E-state index contributed by atoms with van der Waals surface area (Å²) in [5.74, 6) is 0.882. The van der Waals surface area contributed by atoms with Crippen molar-refractivity contribution in [3.63, 3.8) is 0 Å². The van der Waals surface area contributed by atoms with Gasteiger partial charge in [0.15, 0.2) is 5.78 Å². The molecule has 0 radical (unpaired) electrons. The van der Waals surface area contributed by atoms with E-state index in [1.165, 1.54) is 6.42 Å². The van der Waals surface area contributed by atoms with Crippen molar-refractivity contribution < 1.29 is 14.3 Å². The molecule has 1 amide bonds. The maximum Gasteiger partial charge on any atom is 0.223 e. The van der Waals surface area contributed by atoms with Crippen LogP contribution in [0.2, 0.25) is 0 Å². The lowest BCUT2D eigenvalue weighted by atomic mass is 10.1. The number of rotatable bonds is 9. The van der Waals surface area contributed by atoms with E-state index in [1.807, 2.05) is 17.0 Å². The zero-order valence-corrected chi connectivity index (χ0v) is 15.3. The molecule has 0 unspecified atom stereocenters. The monoisotopic (exact) mass is 346 g/mol. The molecule has 0 atom stereocenters. The normalized spacial score (nSPS) is 14.8. The number of nitrogens with zero attached hydrogens (tertiary/aromatic N) is 1. The second kappa shape index (κ2) is 10.9. The SMILES string of the molecule is CCCCCOc1ccc(C(=O)CCC(=O)N2CCCNCC2)cc1. The Labute approximate surface area is 150 Å². The van der Waals surface area contributed by atoms with E-state index in [4.69, 9.17) is 4.74 Å². The highest BCUT2D eigenvalue weighted by atomic mass is 16.5. The van der Waals surface area contributed by atoms with Crippen LogP contribution in [0.15, 0.2) is 24.3 Å². The Hall–Kier alpha value is -1.88. The smallest absolute Gasteiger partial charge is 0.223 e. The Morgan fingerprint density at radius 1 is 1.08 bits per heavy atom. The second-order valence-electron chi connectivity index (χ2n) is 6.49. The average Bonchev–Trinajstić information content (AvgIpc) is 2.93. The van der Waals surface area contributed by atoms with Crippen LogP contribution in [0.5, 0.6) is 5.75 Å². The van der Waals surface area contributed by atoms with E-state index in [-0.39, 0.29) is 24.5 Å². The predicted molar refractivity (Wildman–Crippen MR) is 99.1 cm³/mol. The summed E-state index contributed by atoms with van der Waals surface area (Å²) in [5.41, 5.74) is 0.645. The molecule has 1 N–H and O–H groups in total. The molecule has 1 aliphatic rings. The second-order valence-corrected chi connectivity index (χ2v) is 6.49. The van der Waals surface area contributed by atoms with Gasteiger partial charge >= 0.3 is 0 Å². The maximum atomic E-state index is 12.3. The highest BCUT2D eigenvalue weighted by molar-refractivity contribution is 5.98. The molecule has 0 bridgehead atoms. The average molecular weight is 346 g/mol. The summed E-state index contributed by atoms with van der Waals surface area (Å²) in [7, 11) is 0. The molecular formula is C20H30N2O3. The third kappa shape index (κ3) is 6.86. The molecule has 1 aromatic carbocycles. The topological polar surface area (TPSA) is 58.6 Å². The number of Topliss-reactive ketones (excluding diaryl/α,β-unsaturated/α-hetero) is 1. The minimum atomic E-state index is 0.0128. The standard InChI is InChI=1S/C20H30N2O3/c1-2-3-4-16-25-18-8-6-17(7-9-18)19(23)10-11-20(24)22-14-5-12-21-13-15-22/h6-9,21H,2-5,10-16H2,1H3. The molecule has 1 aromatic rings. The van der Waals surface area contributed by atoms with E-state index < -0.39 is 0 Å². The Morgan fingerprint density at radius 3 is 2.64 bits per heavy atom. The first-order valence-corrected chi connectivity index (χ1v) is 9.45. The van der Waals surface area contributed by atoms with E-state index in [0.29, 0.717) is 12.2 Å². The number of ketones is 1. The number of carbonyl (C=O) groups excluding carboxylic acids is 2. The molecule has 0 aromatic heterocycles. The quantitative estimate of drug-likeness (QED) is 0.551. The van der Waals surface area contributed by atoms with Gasteiger partial charge in [0.2, 0.25) is 5.91 Å². The number of carbonyl (C=O) groups is 2. The lowest BCUT2D eigenvalue weighted by Gasteiger charge is -2.19. The largest absolute Gasteiger partial charge is 0.494 e. The van der Waals surface area contributed by atoms with Crippen molar-refractivity contribution in [2.45, 2.75) is 45.4 Å². The first-order chi connectivity index (χ1) is 12.2. The van der Waals surface area contributed by atoms with Gasteiger partial charge in [0, 0.05) is 38.0 Å². The molecule has 0 aliphatic carbocycles. The number of unbranched alkanes of at least 4 members (excludes halogenated alkanes) is 2. The van der Waals surface area contributed by atoms with E-state index in [2.05, 4.69) is 12.2 Å². The summed E-state index contributed by atoms with van der Waals surface area (Å²) in [6.45, 7) is 6.17. The van der Waals surface area contributed by atoms with Gasteiger partial charge in [-0.25, -0.2) is 0 Å². The third-order valence-electron chi connectivity index (χ3n) is 4.45. The number of ether oxygens (including phenoxy) is 1. The molecule has 5 nitrogen and oxygen atoms in total. The number of benzene rings is 1. The minimum absolute atomic E-state index is 0.0128. The first-order valence-electron chi connectivity index (χ1n) is 9.45.